The number of nitrogens with one attached hydrogen (secondary N) is 1. The Morgan fingerprint density at radius 1 is 0.947 bits per heavy atom. The summed E-state index contributed by atoms with van der Waals surface area (Å²) in [6, 6.07) is 20.5. The predicted molar refractivity (Wildman–Crippen MR) is 153 cm³/mol. The molecule has 0 aliphatic heterocycles. The molecule has 3 aromatic rings. The summed E-state index contributed by atoms with van der Waals surface area (Å²) in [6.07, 6.45) is 1.24. The molecule has 3 rings (SSSR count). The minimum atomic E-state index is -3.94. The molecule has 0 fully saturated rings. The number of nitrogens with zero attached hydrogens (tertiary/aromatic N) is 2. The summed E-state index contributed by atoms with van der Waals surface area (Å²) in [4.78, 5) is 28.7. The summed E-state index contributed by atoms with van der Waals surface area (Å²) >= 11 is 12.4. The second kappa shape index (κ2) is 13.1. The second-order valence-electron chi connectivity index (χ2n) is 8.98. The number of halogens is 2. The highest BCUT2D eigenvalue weighted by molar-refractivity contribution is 7.92. The average Bonchev–Trinajstić information content (AvgIpc) is 2.86. The number of rotatable bonds is 11. The molecule has 10 heteroatoms. The molecule has 2 amide bonds. The van der Waals surface area contributed by atoms with Crippen LogP contribution >= 0.6 is 23.2 Å². The largest absolute Gasteiger partial charge is 0.355 e. The summed E-state index contributed by atoms with van der Waals surface area (Å²) < 4.78 is 26.6. The molecule has 0 aromatic heterocycles. The smallest absolute Gasteiger partial charge is 0.244 e. The Bertz CT molecular complexity index is 1380. The van der Waals surface area contributed by atoms with Crippen LogP contribution in [-0.2, 0) is 32.6 Å². The minimum absolute atomic E-state index is 0.0862. The fourth-order valence-corrected chi connectivity index (χ4v) is 5.41. The highest BCUT2D eigenvalue weighted by Gasteiger charge is 2.33. The van der Waals surface area contributed by atoms with Crippen LogP contribution in [0, 0.1) is 6.92 Å². The van der Waals surface area contributed by atoms with Gasteiger partial charge in [0.15, 0.2) is 0 Å². The van der Waals surface area contributed by atoms with Crippen molar-refractivity contribution >= 4 is 50.7 Å². The van der Waals surface area contributed by atoms with Gasteiger partial charge in [0.1, 0.15) is 12.6 Å². The number of sulfonamides is 1. The number of aryl methyl sites for hydroxylation is 1. The number of hydrogen-bond donors (Lipinski definition) is 1. The molecule has 3 aromatic carbocycles. The summed E-state index contributed by atoms with van der Waals surface area (Å²) in [6.45, 7) is 3.67. The van der Waals surface area contributed by atoms with Gasteiger partial charge in [0, 0.05) is 24.5 Å². The first-order chi connectivity index (χ1) is 18.0. The zero-order chi connectivity index (χ0) is 27.9. The Balaban J connectivity index is 2.07. The summed E-state index contributed by atoms with van der Waals surface area (Å²) in [5.74, 6) is -0.885. The average molecular weight is 577 g/mol. The number of carbonyl (C=O) groups excluding carboxylic acids is 2. The Kier molecular flexibility index (Phi) is 10.2. The Labute approximate surface area is 234 Å². The number of amides is 2. The van der Waals surface area contributed by atoms with Crippen LogP contribution in [0.5, 0.6) is 0 Å². The minimum Gasteiger partial charge on any atom is -0.355 e. The molecule has 7 nitrogen and oxygen atoms in total. The number of benzene rings is 3. The molecule has 1 N–H and O–H groups in total. The lowest BCUT2D eigenvalue weighted by Crippen LogP contribution is -2.53. The maximum atomic E-state index is 14.0. The van der Waals surface area contributed by atoms with Gasteiger partial charge in [-0.3, -0.25) is 13.9 Å². The highest BCUT2D eigenvalue weighted by Crippen LogP contribution is 2.31. The van der Waals surface area contributed by atoms with E-state index in [0.717, 1.165) is 27.3 Å². The molecule has 38 heavy (non-hydrogen) atoms. The van der Waals surface area contributed by atoms with Crippen molar-refractivity contribution in [3.63, 3.8) is 0 Å². The SMILES string of the molecule is CCNC(=O)C(Cc1ccccc1)N(Cc1cccc(C)c1)C(=O)CN(c1cc(Cl)ccc1Cl)S(C)(=O)=O. The number of anilines is 1. The Hall–Kier alpha value is -3.07. The van der Waals surface area contributed by atoms with Crippen molar-refractivity contribution in [1.82, 2.24) is 10.2 Å². The fraction of sp³-hybridized carbons (Fsp3) is 0.286. The van der Waals surface area contributed by atoms with Crippen LogP contribution in [0.2, 0.25) is 10.0 Å². The van der Waals surface area contributed by atoms with Crippen LogP contribution in [0.1, 0.15) is 23.6 Å². The van der Waals surface area contributed by atoms with Gasteiger partial charge in [-0.1, -0.05) is 83.4 Å². The van der Waals surface area contributed by atoms with Crippen molar-refractivity contribution in [3.8, 4) is 0 Å². The van der Waals surface area contributed by atoms with Gasteiger partial charge in [0.25, 0.3) is 0 Å². The van der Waals surface area contributed by atoms with Crippen molar-refractivity contribution in [3.05, 3.63) is 99.5 Å². The van der Waals surface area contributed by atoms with E-state index in [2.05, 4.69) is 5.32 Å². The second-order valence-corrected chi connectivity index (χ2v) is 11.7. The molecular weight excluding hydrogens is 545 g/mol. The van der Waals surface area contributed by atoms with Gasteiger partial charge in [-0.25, -0.2) is 8.42 Å². The van der Waals surface area contributed by atoms with E-state index in [1.54, 1.807) is 6.92 Å². The van der Waals surface area contributed by atoms with Gasteiger partial charge in [0.2, 0.25) is 21.8 Å². The lowest BCUT2D eigenvalue weighted by atomic mass is 10.0. The monoisotopic (exact) mass is 575 g/mol. The number of hydrogen-bond acceptors (Lipinski definition) is 4. The third-order valence-corrected chi connectivity index (χ3v) is 7.59. The van der Waals surface area contributed by atoms with Crippen LogP contribution < -0.4 is 9.62 Å². The molecule has 0 radical (unpaired) electrons. The molecule has 0 spiro atoms. The summed E-state index contributed by atoms with van der Waals surface area (Å²) in [7, 11) is -3.94. The molecule has 0 bridgehead atoms. The highest BCUT2D eigenvalue weighted by atomic mass is 35.5. The lowest BCUT2D eigenvalue weighted by molar-refractivity contribution is -0.140. The Morgan fingerprint density at radius 2 is 1.63 bits per heavy atom. The summed E-state index contributed by atoms with van der Waals surface area (Å²) in [5.41, 5.74) is 2.76. The van der Waals surface area contributed by atoms with Gasteiger partial charge in [-0.2, -0.15) is 0 Å². The molecule has 0 aliphatic rings. The van der Waals surface area contributed by atoms with E-state index >= 15 is 0 Å². The topological polar surface area (TPSA) is 86.8 Å². The first-order valence-electron chi connectivity index (χ1n) is 12.1. The normalized spacial score (nSPS) is 12.0. The van der Waals surface area contributed by atoms with Crippen molar-refractivity contribution in [1.29, 1.82) is 0 Å². The number of likely N-dealkylation sites (N-methyl/N-ethyl adjacent to an activating group) is 1. The zero-order valence-electron chi connectivity index (χ0n) is 21.5. The van der Waals surface area contributed by atoms with Gasteiger partial charge < -0.3 is 10.2 Å². The summed E-state index contributed by atoms with van der Waals surface area (Å²) in [5, 5.41) is 3.22. The zero-order valence-corrected chi connectivity index (χ0v) is 23.9. The quantitative estimate of drug-likeness (QED) is 0.354. The van der Waals surface area contributed by atoms with Crippen LogP contribution in [0.15, 0.2) is 72.8 Å². The molecule has 1 unspecified atom stereocenters. The van der Waals surface area contributed by atoms with Crippen LogP contribution in [-0.4, -0.2) is 50.5 Å². The molecule has 0 saturated carbocycles. The number of carbonyl (C=O) groups is 2. The maximum Gasteiger partial charge on any atom is 0.244 e. The molecule has 0 heterocycles. The van der Waals surface area contributed by atoms with E-state index in [0.29, 0.717) is 6.54 Å². The third-order valence-electron chi connectivity index (χ3n) is 5.91. The molecular formula is C28H31Cl2N3O4S. The van der Waals surface area contributed by atoms with Gasteiger partial charge in [-0.15, -0.1) is 0 Å². The van der Waals surface area contributed by atoms with Crippen molar-refractivity contribution in [2.24, 2.45) is 0 Å². The molecule has 202 valence electrons. The van der Waals surface area contributed by atoms with Gasteiger partial charge >= 0.3 is 0 Å². The van der Waals surface area contributed by atoms with Gasteiger partial charge in [-0.05, 0) is 43.2 Å². The lowest BCUT2D eigenvalue weighted by Gasteiger charge is -2.33. The van der Waals surface area contributed by atoms with Crippen molar-refractivity contribution in [2.75, 3.05) is 23.7 Å². The van der Waals surface area contributed by atoms with Crippen LogP contribution in [0.4, 0.5) is 5.69 Å². The predicted octanol–water partition coefficient (Wildman–Crippen LogP) is 4.84. The molecule has 0 aliphatic carbocycles. The van der Waals surface area contributed by atoms with E-state index < -0.39 is 28.5 Å². The maximum absolute atomic E-state index is 14.0. The standard InChI is InChI=1S/C28H31Cl2N3O4S/c1-4-31-28(35)26(16-21-10-6-5-7-11-21)32(18-22-12-8-9-20(2)15-22)27(34)19-33(38(3,36)37)25-17-23(29)13-14-24(25)30/h5-15,17,26H,4,16,18-19H2,1-3H3,(H,31,35). The Morgan fingerprint density at radius 3 is 2.26 bits per heavy atom. The van der Waals surface area contributed by atoms with Gasteiger partial charge in [0.05, 0.1) is 17.0 Å². The van der Waals surface area contributed by atoms with E-state index in [1.165, 1.54) is 23.1 Å². The van der Waals surface area contributed by atoms with E-state index in [1.807, 2.05) is 61.5 Å². The van der Waals surface area contributed by atoms with E-state index in [4.69, 9.17) is 23.2 Å². The van der Waals surface area contributed by atoms with Crippen molar-refractivity contribution < 1.29 is 18.0 Å². The van der Waals surface area contributed by atoms with E-state index in [9.17, 15) is 18.0 Å². The van der Waals surface area contributed by atoms with Crippen LogP contribution in [0.3, 0.4) is 0 Å². The fourth-order valence-electron chi connectivity index (χ4n) is 4.12. The molecule has 0 saturated heterocycles. The van der Waals surface area contributed by atoms with Crippen molar-refractivity contribution in [2.45, 2.75) is 32.9 Å². The third kappa shape index (κ3) is 7.96. The molecule has 1 atom stereocenters. The first-order valence-corrected chi connectivity index (χ1v) is 14.7. The van der Waals surface area contributed by atoms with Crippen LogP contribution in [0.25, 0.3) is 0 Å². The first kappa shape index (κ1) is 29.5. The van der Waals surface area contributed by atoms with E-state index in [-0.39, 0.29) is 34.6 Å².